The Kier molecular flexibility index (Phi) is 11.9. The van der Waals surface area contributed by atoms with E-state index in [2.05, 4.69) is 78.7 Å². The SMILES string of the molecule is CCNC(=NCC(Cc1ccccc1)N(C)C)NCC1CCCN1CC.I. The van der Waals surface area contributed by atoms with Crippen LogP contribution in [0.1, 0.15) is 32.3 Å². The fourth-order valence-corrected chi connectivity index (χ4v) is 3.59. The van der Waals surface area contributed by atoms with Gasteiger partial charge in [0.2, 0.25) is 0 Å². The van der Waals surface area contributed by atoms with E-state index in [0.717, 1.165) is 38.6 Å². The summed E-state index contributed by atoms with van der Waals surface area (Å²) in [7, 11) is 4.28. The van der Waals surface area contributed by atoms with Gasteiger partial charge in [0.15, 0.2) is 5.96 Å². The van der Waals surface area contributed by atoms with E-state index in [-0.39, 0.29) is 24.0 Å². The van der Waals surface area contributed by atoms with Crippen LogP contribution in [0.15, 0.2) is 35.3 Å². The molecule has 1 aliphatic heterocycles. The molecule has 1 aromatic rings. The summed E-state index contributed by atoms with van der Waals surface area (Å²) in [6.45, 7) is 9.40. The van der Waals surface area contributed by atoms with Gasteiger partial charge in [0.05, 0.1) is 6.54 Å². The minimum atomic E-state index is 0. The van der Waals surface area contributed by atoms with Crippen molar-refractivity contribution in [1.82, 2.24) is 20.4 Å². The third-order valence-electron chi connectivity index (χ3n) is 5.26. The highest BCUT2D eigenvalue weighted by Gasteiger charge is 2.22. The monoisotopic (exact) mass is 487 g/mol. The molecule has 1 aromatic carbocycles. The molecule has 2 N–H and O–H groups in total. The quantitative estimate of drug-likeness (QED) is 0.320. The number of likely N-dealkylation sites (tertiary alicyclic amines) is 1. The molecule has 1 saturated heterocycles. The van der Waals surface area contributed by atoms with Gasteiger partial charge in [-0.2, -0.15) is 0 Å². The minimum Gasteiger partial charge on any atom is -0.357 e. The second-order valence-corrected chi connectivity index (χ2v) is 7.33. The molecule has 0 bridgehead atoms. The first-order valence-corrected chi connectivity index (χ1v) is 10.1. The van der Waals surface area contributed by atoms with Crippen molar-refractivity contribution in [3.63, 3.8) is 0 Å². The lowest BCUT2D eigenvalue weighted by Crippen LogP contribution is -2.45. The second-order valence-electron chi connectivity index (χ2n) is 7.33. The van der Waals surface area contributed by atoms with Gasteiger partial charge in [0.25, 0.3) is 0 Å². The molecule has 0 saturated carbocycles. The smallest absolute Gasteiger partial charge is 0.191 e. The number of guanidine groups is 1. The van der Waals surface area contributed by atoms with Gasteiger partial charge in [-0.3, -0.25) is 9.89 Å². The van der Waals surface area contributed by atoms with Crippen molar-refractivity contribution in [3.05, 3.63) is 35.9 Å². The van der Waals surface area contributed by atoms with Crippen LogP contribution in [0, 0.1) is 0 Å². The molecule has 1 fully saturated rings. The predicted molar refractivity (Wildman–Crippen MR) is 127 cm³/mol. The average Bonchev–Trinajstić information content (AvgIpc) is 3.11. The van der Waals surface area contributed by atoms with Crippen LogP contribution >= 0.6 is 24.0 Å². The Morgan fingerprint density at radius 3 is 2.59 bits per heavy atom. The van der Waals surface area contributed by atoms with Crippen molar-refractivity contribution in [1.29, 1.82) is 0 Å². The van der Waals surface area contributed by atoms with E-state index in [4.69, 9.17) is 4.99 Å². The van der Waals surface area contributed by atoms with Gasteiger partial charge in [-0.15, -0.1) is 24.0 Å². The summed E-state index contributed by atoms with van der Waals surface area (Å²) in [5.41, 5.74) is 1.36. The van der Waals surface area contributed by atoms with E-state index in [1.807, 2.05) is 0 Å². The van der Waals surface area contributed by atoms with Gasteiger partial charge >= 0.3 is 0 Å². The van der Waals surface area contributed by atoms with Crippen molar-refractivity contribution in [2.24, 2.45) is 4.99 Å². The standard InChI is InChI=1S/C21H37N5.HI/c1-5-22-21(23-16-19-13-10-14-26(19)6-2)24-17-20(25(3)4)15-18-11-8-7-9-12-18;/h7-9,11-12,19-20H,5-6,10,13-17H2,1-4H3,(H2,22,23,24);1H. The number of nitrogens with zero attached hydrogens (tertiary/aromatic N) is 3. The van der Waals surface area contributed by atoms with Crippen molar-refractivity contribution >= 4 is 29.9 Å². The fourth-order valence-electron chi connectivity index (χ4n) is 3.59. The third kappa shape index (κ3) is 8.35. The topological polar surface area (TPSA) is 42.9 Å². The zero-order chi connectivity index (χ0) is 18.8. The number of hydrogen-bond donors (Lipinski definition) is 2. The lowest BCUT2D eigenvalue weighted by Gasteiger charge is -2.25. The van der Waals surface area contributed by atoms with Crippen LogP contribution in [0.3, 0.4) is 0 Å². The van der Waals surface area contributed by atoms with Crippen LogP contribution in [0.4, 0.5) is 0 Å². The Balaban J connectivity index is 0.00000364. The molecule has 0 aromatic heterocycles. The Labute approximate surface area is 183 Å². The molecule has 5 nitrogen and oxygen atoms in total. The summed E-state index contributed by atoms with van der Waals surface area (Å²) in [5.74, 6) is 0.940. The van der Waals surface area contributed by atoms with Crippen molar-refractivity contribution in [2.45, 2.75) is 45.2 Å². The Hall–Kier alpha value is -0.860. The average molecular weight is 487 g/mol. The van der Waals surface area contributed by atoms with Crippen LogP contribution in [0.25, 0.3) is 0 Å². The van der Waals surface area contributed by atoms with E-state index in [1.54, 1.807) is 0 Å². The Morgan fingerprint density at radius 2 is 1.96 bits per heavy atom. The highest BCUT2D eigenvalue weighted by atomic mass is 127. The van der Waals surface area contributed by atoms with Crippen molar-refractivity contribution < 1.29 is 0 Å². The van der Waals surface area contributed by atoms with Gasteiger partial charge in [-0.05, 0) is 58.9 Å². The molecule has 1 heterocycles. The fraction of sp³-hybridized carbons (Fsp3) is 0.667. The van der Waals surface area contributed by atoms with E-state index in [0.29, 0.717) is 12.1 Å². The number of halogens is 1. The number of likely N-dealkylation sites (N-methyl/N-ethyl adjacent to an activating group) is 2. The molecule has 2 atom stereocenters. The molecule has 6 heteroatoms. The van der Waals surface area contributed by atoms with Crippen LogP contribution < -0.4 is 10.6 Å². The zero-order valence-electron chi connectivity index (χ0n) is 17.4. The van der Waals surface area contributed by atoms with E-state index < -0.39 is 0 Å². The summed E-state index contributed by atoms with van der Waals surface area (Å²) < 4.78 is 0. The molecule has 0 amide bonds. The molecule has 0 spiro atoms. The molecular formula is C21H38IN5. The van der Waals surface area contributed by atoms with Crippen LogP contribution in [-0.4, -0.2) is 74.7 Å². The highest BCUT2D eigenvalue weighted by Crippen LogP contribution is 2.15. The zero-order valence-corrected chi connectivity index (χ0v) is 19.8. The first-order chi connectivity index (χ1) is 12.6. The molecule has 0 radical (unpaired) electrons. The molecule has 0 aliphatic carbocycles. The Bertz CT molecular complexity index is 535. The largest absolute Gasteiger partial charge is 0.357 e. The summed E-state index contributed by atoms with van der Waals surface area (Å²) in [5, 5.41) is 6.96. The minimum absolute atomic E-state index is 0. The molecule has 154 valence electrons. The molecule has 2 unspecified atom stereocenters. The van der Waals surface area contributed by atoms with Crippen molar-refractivity contribution in [3.8, 4) is 0 Å². The number of benzene rings is 1. The lowest BCUT2D eigenvalue weighted by atomic mass is 10.1. The number of rotatable bonds is 9. The maximum Gasteiger partial charge on any atom is 0.191 e. The van der Waals surface area contributed by atoms with Gasteiger partial charge in [0, 0.05) is 25.2 Å². The maximum atomic E-state index is 4.88. The number of aliphatic imine (C=N–C) groups is 1. The van der Waals surface area contributed by atoms with E-state index in [9.17, 15) is 0 Å². The molecular weight excluding hydrogens is 449 g/mol. The van der Waals surface area contributed by atoms with Crippen LogP contribution in [0.5, 0.6) is 0 Å². The van der Waals surface area contributed by atoms with Crippen molar-refractivity contribution in [2.75, 3.05) is 46.8 Å². The van der Waals surface area contributed by atoms with Gasteiger partial charge < -0.3 is 15.5 Å². The molecule has 27 heavy (non-hydrogen) atoms. The van der Waals surface area contributed by atoms with Crippen LogP contribution in [-0.2, 0) is 6.42 Å². The lowest BCUT2D eigenvalue weighted by molar-refractivity contribution is 0.266. The van der Waals surface area contributed by atoms with E-state index >= 15 is 0 Å². The summed E-state index contributed by atoms with van der Waals surface area (Å²) >= 11 is 0. The van der Waals surface area contributed by atoms with Crippen LogP contribution in [0.2, 0.25) is 0 Å². The van der Waals surface area contributed by atoms with E-state index in [1.165, 1.54) is 24.9 Å². The summed E-state index contributed by atoms with van der Waals surface area (Å²) in [6, 6.07) is 11.7. The van der Waals surface area contributed by atoms with Gasteiger partial charge in [0.1, 0.15) is 0 Å². The highest BCUT2D eigenvalue weighted by molar-refractivity contribution is 14.0. The number of nitrogens with one attached hydrogen (secondary N) is 2. The molecule has 2 rings (SSSR count). The summed E-state index contributed by atoms with van der Waals surface area (Å²) in [4.78, 5) is 9.72. The first kappa shape index (κ1) is 24.2. The molecule has 1 aliphatic rings. The van der Waals surface area contributed by atoms with Gasteiger partial charge in [-0.25, -0.2) is 0 Å². The first-order valence-electron chi connectivity index (χ1n) is 10.1. The predicted octanol–water partition coefficient (Wildman–Crippen LogP) is 2.82. The number of hydrogen-bond acceptors (Lipinski definition) is 3. The normalized spacial score (nSPS) is 19.0. The maximum absolute atomic E-state index is 4.88. The third-order valence-corrected chi connectivity index (χ3v) is 5.26. The summed E-state index contributed by atoms with van der Waals surface area (Å²) in [6.07, 6.45) is 3.62. The second kappa shape index (κ2) is 13.3. The Morgan fingerprint density at radius 1 is 1.22 bits per heavy atom. The van der Waals surface area contributed by atoms with Gasteiger partial charge in [-0.1, -0.05) is 37.3 Å².